The van der Waals surface area contributed by atoms with Crippen LogP contribution in [0.3, 0.4) is 0 Å². The molecule has 0 radical (unpaired) electrons. The van der Waals surface area contributed by atoms with Gasteiger partial charge in [-0.2, -0.15) is 13.2 Å². The average molecular weight is 349 g/mol. The van der Waals surface area contributed by atoms with E-state index in [4.69, 9.17) is 5.11 Å². The number of nitrogens with zero attached hydrogens (tertiary/aromatic N) is 1. The van der Waals surface area contributed by atoms with Crippen LogP contribution in [-0.4, -0.2) is 23.1 Å². The number of rotatable bonds is 2. The molecule has 1 heterocycles. The van der Waals surface area contributed by atoms with Gasteiger partial charge < -0.3 is 10.4 Å². The molecule has 0 aliphatic rings. The van der Waals surface area contributed by atoms with Crippen molar-refractivity contribution < 1.29 is 23.1 Å². The van der Waals surface area contributed by atoms with E-state index in [-0.39, 0.29) is 21.2 Å². The van der Waals surface area contributed by atoms with Crippen LogP contribution in [0.1, 0.15) is 15.9 Å². The zero-order valence-corrected chi connectivity index (χ0v) is 11.6. The molecule has 0 saturated carbocycles. The fourth-order valence-electron chi connectivity index (χ4n) is 1.86. The average Bonchev–Trinajstić information content (AvgIpc) is 2.34. The molecule has 2 aromatic rings. The first-order chi connectivity index (χ1) is 9.25. The lowest BCUT2D eigenvalue weighted by atomic mass is 10.1. The van der Waals surface area contributed by atoms with Crippen molar-refractivity contribution in [2.75, 3.05) is 12.4 Å². The van der Waals surface area contributed by atoms with Gasteiger partial charge in [-0.3, -0.25) is 4.98 Å². The van der Waals surface area contributed by atoms with Crippen molar-refractivity contribution in [2.45, 2.75) is 6.18 Å². The van der Waals surface area contributed by atoms with Gasteiger partial charge in [0.15, 0.2) is 0 Å². The van der Waals surface area contributed by atoms with Crippen molar-refractivity contribution >= 4 is 38.5 Å². The molecule has 20 heavy (non-hydrogen) atoms. The van der Waals surface area contributed by atoms with Gasteiger partial charge in [0.2, 0.25) is 0 Å². The SMILES string of the molecule is CNc1c(C(=O)O)cnc2cc(C(F)(F)F)c(Br)cc12. The molecular formula is C12H8BrF3N2O2. The molecule has 8 heteroatoms. The Labute approximate surface area is 119 Å². The Balaban J connectivity index is 2.81. The highest BCUT2D eigenvalue weighted by Gasteiger charge is 2.33. The number of alkyl halides is 3. The van der Waals surface area contributed by atoms with E-state index in [0.717, 1.165) is 12.3 Å². The minimum absolute atomic E-state index is 0.0647. The summed E-state index contributed by atoms with van der Waals surface area (Å²) >= 11 is 2.86. The Morgan fingerprint density at radius 1 is 1.40 bits per heavy atom. The second-order valence-electron chi connectivity index (χ2n) is 3.95. The first kappa shape index (κ1) is 14.6. The Kier molecular flexibility index (Phi) is 3.59. The highest BCUT2D eigenvalue weighted by molar-refractivity contribution is 9.10. The van der Waals surface area contributed by atoms with Gasteiger partial charge in [0, 0.05) is 23.1 Å². The van der Waals surface area contributed by atoms with Gasteiger partial charge in [-0.1, -0.05) is 15.9 Å². The molecule has 0 fully saturated rings. The van der Waals surface area contributed by atoms with Gasteiger partial charge in [-0.15, -0.1) is 0 Å². The summed E-state index contributed by atoms with van der Waals surface area (Å²) in [6.45, 7) is 0. The molecule has 0 amide bonds. The van der Waals surface area contributed by atoms with Gasteiger partial charge in [-0.05, 0) is 12.1 Å². The topological polar surface area (TPSA) is 62.2 Å². The molecule has 1 aromatic carbocycles. The maximum atomic E-state index is 12.8. The number of fused-ring (bicyclic) bond motifs is 1. The number of hydrogen-bond acceptors (Lipinski definition) is 3. The minimum Gasteiger partial charge on any atom is -0.478 e. The number of hydrogen-bond donors (Lipinski definition) is 2. The number of aromatic carboxylic acids is 1. The molecule has 2 rings (SSSR count). The number of nitrogens with one attached hydrogen (secondary N) is 1. The standard InChI is InChI=1S/C12H8BrF3N2O2/c1-17-10-5-2-8(13)7(12(14,15)16)3-9(5)18-4-6(10)11(19)20/h2-4H,1H3,(H,17,18)(H,19,20). The lowest BCUT2D eigenvalue weighted by Crippen LogP contribution is -2.08. The van der Waals surface area contributed by atoms with Crippen molar-refractivity contribution in [1.82, 2.24) is 4.98 Å². The van der Waals surface area contributed by atoms with Crippen molar-refractivity contribution in [2.24, 2.45) is 0 Å². The van der Waals surface area contributed by atoms with Crippen LogP contribution >= 0.6 is 15.9 Å². The second kappa shape index (κ2) is 4.93. The van der Waals surface area contributed by atoms with E-state index in [9.17, 15) is 18.0 Å². The Bertz CT molecular complexity index is 701. The molecule has 106 valence electrons. The lowest BCUT2D eigenvalue weighted by molar-refractivity contribution is -0.138. The largest absolute Gasteiger partial charge is 0.478 e. The highest BCUT2D eigenvalue weighted by atomic mass is 79.9. The molecule has 0 bridgehead atoms. The summed E-state index contributed by atoms with van der Waals surface area (Å²) in [7, 11) is 1.49. The molecule has 1 aromatic heterocycles. The van der Waals surface area contributed by atoms with E-state index < -0.39 is 17.7 Å². The number of anilines is 1. The molecule has 0 aliphatic heterocycles. The summed E-state index contributed by atoms with van der Waals surface area (Å²) in [4.78, 5) is 14.8. The molecule has 0 saturated heterocycles. The number of pyridine rings is 1. The zero-order valence-electron chi connectivity index (χ0n) is 10.0. The van der Waals surface area contributed by atoms with E-state index >= 15 is 0 Å². The lowest BCUT2D eigenvalue weighted by Gasteiger charge is -2.13. The molecule has 0 atom stereocenters. The van der Waals surface area contributed by atoms with Gasteiger partial charge in [0.1, 0.15) is 5.56 Å². The third kappa shape index (κ3) is 2.43. The summed E-state index contributed by atoms with van der Waals surface area (Å²) in [6, 6.07) is 2.09. The molecule has 4 nitrogen and oxygen atoms in total. The first-order valence-electron chi connectivity index (χ1n) is 5.36. The van der Waals surface area contributed by atoms with Crippen molar-refractivity contribution in [3.8, 4) is 0 Å². The summed E-state index contributed by atoms with van der Waals surface area (Å²) in [6.07, 6.45) is -3.48. The number of halogens is 4. The molecule has 0 aliphatic carbocycles. The number of carbonyl (C=O) groups is 1. The van der Waals surface area contributed by atoms with Crippen molar-refractivity contribution in [1.29, 1.82) is 0 Å². The van der Waals surface area contributed by atoms with Crippen LogP contribution in [0.5, 0.6) is 0 Å². The van der Waals surface area contributed by atoms with Crippen LogP contribution in [0.4, 0.5) is 18.9 Å². The minimum atomic E-state index is -4.51. The van der Waals surface area contributed by atoms with Crippen LogP contribution in [0.25, 0.3) is 10.9 Å². The fraction of sp³-hybridized carbons (Fsp3) is 0.167. The monoisotopic (exact) mass is 348 g/mol. The molecule has 0 spiro atoms. The third-order valence-electron chi connectivity index (χ3n) is 2.74. The normalized spacial score (nSPS) is 11.7. The van der Waals surface area contributed by atoms with Crippen LogP contribution < -0.4 is 5.32 Å². The Hall–Kier alpha value is -1.83. The van der Waals surface area contributed by atoms with Crippen molar-refractivity contribution in [3.63, 3.8) is 0 Å². The molecule has 0 unspecified atom stereocenters. The van der Waals surface area contributed by atoms with Gasteiger partial charge in [-0.25, -0.2) is 4.79 Å². The summed E-state index contributed by atoms with van der Waals surface area (Å²) < 4.78 is 38.2. The quantitative estimate of drug-likeness (QED) is 0.867. The van der Waals surface area contributed by atoms with Crippen LogP contribution in [-0.2, 0) is 6.18 Å². The second-order valence-corrected chi connectivity index (χ2v) is 4.80. The van der Waals surface area contributed by atoms with Crippen LogP contribution in [0.15, 0.2) is 22.8 Å². The summed E-state index contributed by atoms with van der Waals surface area (Å²) in [5.74, 6) is -1.21. The predicted octanol–water partition coefficient (Wildman–Crippen LogP) is 3.76. The molecule has 2 N–H and O–H groups in total. The van der Waals surface area contributed by atoms with Gasteiger partial charge in [0.25, 0.3) is 0 Å². The van der Waals surface area contributed by atoms with E-state index in [2.05, 4.69) is 26.2 Å². The maximum Gasteiger partial charge on any atom is 0.417 e. The zero-order chi connectivity index (χ0) is 15.1. The van der Waals surface area contributed by atoms with E-state index in [1.807, 2.05) is 0 Å². The van der Waals surface area contributed by atoms with Gasteiger partial charge >= 0.3 is 12.1 Å². The summed E-state index contributed by atoms with van der Waals surface area (Å²) in [5.41, 5.74) is -0.680. The maximum absolute atomic E-state index is 12.8. The number of carboxylic acids is 1. The number of benzene rings is 1. The fourth-order valence-corrected chi connectivity index (χ4v) is 2.43. The van der Waals surface area contributed by atoms with Crippen molar-refractivity contribution in [3.05, 3.63) is 33.9 Å². The van der Waals surface area contributed by atoms with Crippen LogP contribution in [0, 0.1) is 0 Å². The Morgan fingerprint density at radius 2 is 2.05 bits per heavy atom. The highest BCUT2D eigenvalue weighted by Crippen LogP contribution is 2.38. The third-order valence-corrected chi connectivity index (χ3v) is 3.40. The number of carboxylic acid groups (broad SMARTS) is 1. The first-order valence-corrected chi connectivity index (χ1v) is 6.15. The van der Waals surface area contributed by atoms with E-state index in [0.29, 0.717) is 5.39 Å². The summed E-state index contributed by atoms with van der Waals surface area (Å²) in [5, 5.41) is 12.0. The van der Waals surface area contributed by atoms with Gasteiger partial charge in [0.05, 0.1) is 16.8 Å². The predicted molar refractivity (Wildman–Crippen MR) is 71.0 cm³/mol. The van der Waals surface area contributed by atoms with E-state index in [1.54, 1.807) is 0 Å². The number of aromatic nitrogens is 1. The Morgan fingerprint density at radius 3 is 2.55 bits per heavy atom. The molecular weight excluding hydrogens is 341 g/mol. The smallest absolute Gasteiger partial charge is 0.417 e. The van der Waals surface area contributed by atoms with E-state index in [1.165, 1.54) is 13.1 Å². The van der Waals surface area contributed by atoms with Crippen LogP contribution in [0.2, 0.25) is 0 Å².